The summed E-state index contributed by atoms with van der Waals surface area (Å²) in [6.45, 7) is 6.50. The second-order valence-electron chi connectivity index (χ2n) is 19.5. The number of ether oxygens (including phenoxy) is 3. The molecular formula is C63H110O6. The van der Waals surface area contributed by atoms with E-state index in [4.69, 9.17) is 14.2 Å². The maximum absolute atomic E-state index is 12.9. The van der Waals surface area contributed by atoms with Crippen molar-refractivity contribution in [2.24, 2.45) is 0 Å². The lowest BCUT2D eigenvalue weighted by molar-refractivity contribution is -0.167. The van der Waals surface area contributed by atoms with Crippen molar-refractivity contribution in [1.29, 1.82) is 0 Å². The molecule has 0 spiro atoms. The molecule has 398 valence electrons. The number of allylic oxidation sites excluding steroid dienone is 12. The van der Waals surface area contributed by atoms with Gasteiger partial charge in [-0.15, -0.1) is 0 Å². The number of carbonyl (C=O) groups is 3. The lowest BCUT2D eigenvalue weighted by Crippen LogP contribution is -2.30. The Morgan fingerprint density at radius 1 is 0.304 bits per heavy atom. The number of hydrogen-bond acceptors (Lipinski definition) is 6. The molecule has 0 N–H and O–H groups in total. The molecule has 0 heterocycles. The van der Waals surface area contributed by atoms with Crippen molar-refractivity contribution in [1.82, 2.24) is 0 Å². The molecule has 0 rings (SSSR count). The molecule has 1 atom stereocenters. The molecule has 0 radical (unpaired) electrons. The zero-order valence-electron chi connectivity index (χ0n) is 45.6. The lowest BCUT2D eigenvalue weighted by Gasteiger charge is -2.18. The molecule has 0 aromatic rings. The minimum Gasteiger partial charge on any atom is -0.462 e. The zero-order chi connectivity index (χ0) is 50.0. The molecule has 0 aliphatic rings. The molecule has 0 aliphatic heterocycles. The van der Waals surface area contributed by atoms with E-state index >= 15 is 0 Å². The minimum atomic E-state index is -0.787. The quantitative estimate of drug-likeness (QED) is 0.0262. The van der Waals surface area contributed by atoms with Crippen LogP contribution in [0.4, 0.5) is 0 Å². The first kappa shape index (κ1) is 65.8. The van der Waals surface area contributed by atoms with Gasteiger partial charge in [-0.2, -0.15) is 0 Å². The minimum absolute atomic E-state index is 0.0842. The van der Waals surface area contributed by atoms with E-state index in [2.05, 4.69) is 93.7 Å². The smallest absolute Gasteiger partial charge is 0.306 e. The summed E-state index contributed by atoms with van der Waals surface area (Å²) in [6.07, 6.45) is 73.2. The highest BCUT2D eigenvalue weighted by molar-refractivity contribution is 5.71. The van der Waals surface area contributed by atoms with Crippen molar-refractivity contribution in [3.05, 3.63) is 72.9 Å². The van der Waals surface area contributed by atoms with E-state index in [0.717, 1.165) is 103 Å². The maximum Gasteiger partial charge on any atom is 0.306 e. The van der Waals surface area contributed by atoms with Gasteiger partial charge in [0, 0.05) is 19.3 Å². The fourth-order valence-electron chi connectivity index (χ4n) is 8.25. The molecule has 0 aliphatic carbocycles. The monoisotopic (exact) mass is 963 g/mol. The van der Waals surface area contributed by atoms with Crippen LogP contribution >= 0.6 is 0 Å². The van der Waals surface area contributed by atoms with Crippen molar-refractivity contribution >= 4 is 17.9 Å². The van der Waals surface area contributed by atoms with E-state index in [9.17, 15) is 14.4 Å². The fourth-order valence-corrected chi connectivity index (χ4v) is 8.25. The molecular weight excluding hydrogens is 853 g/mol. The Morgan fingerprint density at radius 3 is 0.928 bits per heavy atom. The van der Waals surface area contributed by atoms with Gasteiger partial charge in [-0.25, -0.2) is 0 Å². The SMILES string of the molecule is CC/C=C/C/C=C/C/C=C/CCCCCCCC(=O)OC[C@H](COC(=O)CCCCCCCCCCC/C=C/C/C=C/CCCCC)OC(=O)CCCCCCCCC/C=C/CCCCCCCC. The first-order valence-corrected chi connectivity index (χ1v) is 29.4. The van der Waals surface area contributed by atoms with Crippen molar-refractivity contribution in [3.8, 4) is 0 Å². The third-order valence-corrected chi connectivity index (χ3v) is 12.7. The van der Waals surface area contributed by atoms with Gasteiger partial charge in [0.1, 0.15) is 13.2 Å². The second-order valence-corrected chi connectivity index (χ2v) is 19.5. The van der Waals surface area contributed by atoms with E-state index in [-0.39, 0.29) is 31.1 Å². The Labute approximate surface area is 427 Å². The summed E-state index contributed by atoms with van der Waals surface area (Å²) in [5.74, 6) is -0.900. The van der Waals surface area contributed by atoms with Crippen LogP contribution in [0.2, 0.25) is 0 Å². The number of unbranched alkanes of at least 4 members (excludes halogenated alkanes) is 30. The third-order valence-electron chi connectivity index (χ3n) is 12.7. The van der Waals surface area contributed by atoms with Crippen molar-refractivity contribution in [2.45, 2.75) is 297 Å². The van der Waals surface area contributed by atoms with Gasteiger partial charge in [0.05, 0.1) is 0 Å². The Morgan fingerprint density at radius 2 is 0.565 bits per heavy atom. The van der Waals surface area contributed by atoms with E-state index in [1.54, 1.807) is 0 Å². The first-order chi connectivity index (χ1) is 34.0. The van der Waals surface area contributed by atoms with Crippen LogP contribution in [0.15, 0.2) is 72.9 Å². The van der Waals surface area contributed by atoms with Crippen LogP contribution in [-0.4, -0.2) is 37.2 Å². The number of esters is 3. The van der Waals surface area contributed by atoms with Crippen LogP contribution in [-0.2, 0) is 28.6 Å². The van der Waals surface area contributed by atoms with Gasteiger partial charge in [0.25, 0.3) is 0 Å². The predicted octanol–water partition coefficient (Wildman–Crippen LogP) is 19.8. The molecule has 0 amide bonds. The van der Waals surface area contributed by atoms with E-state index in [1.165, 1.54) is 148 Å². The van der Waals surface area contributed by atoms with Gasteiger partial charge in [0.15, 0.2) is 6.10 Å². The molecule has 0 unspecified atom stereocenters. The fraction of sp³-hybridized carbons (Fsp3) is 0.762. The molecule has 6 heteroatoms. The summed E-state index contributed by atoms with van der Waals surface area (Å²) < 4.78 is 16.9. The van der Waals surface area contributed by atoms with Crippen LogP contribution in [0, 0.1) is 0 Å². The van der Waals surface area contributed by atoms with Gasteiger partial charge in [-0.3, -0.25) is 14.4 Å². The van der Waals surface area contributed by atoms with Crippen LogP contribution < -0.4 is 0 Å². The average Bonchev–Trinajstić information content (AvgIpc) is 3.35. The lowest BCUT2D eigenvalue weighted by atomic mass is 10.1. The van der Waals surface area contributed by atoms with E-state index in [1.807, 2.05) is 0 Å². The van der Waals surface area contributed by atoms with Crippen molar-refractivity contribution in [2.75, 3.05) is 13.2 Å². The van der Waals surface area contributed by atoms with Crippen molar-refractivity contribution in [3.63, 3.8) is 0 Å². The Hall–Kier alpha value is -3.15. The normalized spacial score (nSPS) is 12.6. The predicted molar refractivity (Wildman–Crippen MR) is 298 cm³/mol. The standard InChI is InChI=1S/C63H110O6/c1-4-7-10-13-16-19-22-25-28-30-31-33-35-38-41-44-47-50-53-56-62(65)68-59-60(58-67-61(64)55-52-49-46-43-40-37-34-27-24-21-18-15-12-9-6-3)69-63(66)57-54-51-48-45-42-39-36-32-29-26-23-20-17-14-11-8-5-2/h9,12,16,18-19,21,25-29,34,60H,4-8,10-11,13-15,17,20,22-24,30-33,35-59H2,1-3H3/b12-9+,19-16+,21-18+,28-25+,29-26+,34-27+/t60-/m1/s1. The Kier molecular flexibility index (Phi) is 54.8. The highest BCUT2D eigenvalue weighted by Crippen LogP contribution is 2.15. The summed E-state index contributed by atoms with van der Waals surface area (Å²) in [6, 6.07) is 0. The van der Waals surface area contributed by atoms with Crippen molar-refractivity contribution < 1.29 is 28.6 Å². The number of carbonyl (C=O) groups excluding carboxylic acids is 3. The summed E-state index contributed by atoms with van der Waals surface area (Å²) in [5, 5.41) is 0. The zero-order valence-corrected chi connectivity index (χ0v) is 45.6. The summed E-state index contributed by atoms with van der Waals surface area (Å²) in [5.41, 5.74) is 0. The van der Waals surface area contributed by atoms with Crippen LogP contribution in [0.3, 0.4) is 0 Å². The van der Waals surface area contributed by atoms with Gasteiger partial charge in [0.2, 0.25) is 0 Å². The Bertz CT molecular complexity index is 1290. The summed E-state index contributed by atoms with van der Waals surface area (Å²) >= 11 is 0. The van der Waals surface area contributed by atoms with Gasteiger partial charge < -0.3 is 14.2 Å². The number of hydrogen-bond donors (Lipinski definition) is 0. The van der Waals surface area contributed by atoms with Crippen LogP contribution in [0.25, 0.3) is 0 Å². The molecule has 0 saturated heterocycles. The highest BCUT2D eigenvalue weighted by Gasteiger charge is 2.19. The van der Waals surface area contributed by atoms with Crippen LogP contribution in [0.5, 0.6) is 0 Å². The van der Waals surface area contributed by atoms with Gasteiger partial charge in [-0.1, -0.05) is 235 Å². The third kappa shape index (κ3) is 55.6. The number of rotatable bonds is 53. The topological polar surface area (TPSA) is 78.9 Å². The molecule has 0 aromatic carbocycles. The van der Waals surface area contributed by atoms with E-state index < -0.39 is 6.10 Å². The average molecular weight is 964 g/mol. The largest absolute Gasteiger partial charge is 0.462 e. The van der Waals surface area contributed by atoms with Gasteiger partial charge in [-0.05, 0) is 109 Å². The van der Waals surface area contributed by atoms with Gasteiger partial charge >= 0.3 is 17.9 Å². The molecule has 69 heavy (non-hydrogen) atoms. The molecule has 0 fully saturated rings. The first-order valence-electron chi connectivity index (χ1n) is 29.4. The summed E-state index contributed by atoms with van der Waals surface area (Å²) in [4.78, 5) is 38.2. The second kappa shape index (κ2) is 57.4. The molecule has 0 saturated carbocycles. The highest BCUT2D eigenvalue weighted by atomic mass is 16.6. The summed E-state index contributed by atoms with van der Waals surface area (Å²) in [7, 11) is 0. The van der Waals surface area contributed by atoms with E-state index in [0.29, 0.717) is 19.3 Å². The molecule has 0 aromatic heterocycles. The molecule has 0 bridgehead atoms. The maximum atomic E-state index is 12.9. The Balaban J connectivity index is 4.40. The molecule has 6 nitrogen and oxygen atoms in total. The van der Waals surface area contributed by atoms with Crippen LogP contribution in [0.1, 0.15) is 290 Å².